The van der Waals surface area contributed by atoms with Gasteiger partial charge >= 0.3 is 0 Å². The van der Waals surface area contributed by atoms with E-state index in [4.69, 9.17) is 0 Å². The van der Waals surface area contributed by atoms with Crippen LogP contribution in [-0.2, 0) is 4.79 Å². The normalized spacial score (nSPS) is 25.1. The van der Waals surface area contributed by atoms with Crippen molar-refractivity contribution in [2.75, 3.05) is 6.54 Å². The molecule has 0 bridgehead atoms. The van der Waals surface area contributed by atoms with Gasteiger partial charge in [-0.2, -0.15) is 0 Å². The number of hydrogen-bond donors (Lipinski definition) is 2. The number of nitrogens with one attached hydrogen (secondary N) is 2. The lowest BCUT2D eigenvalue weighted by Crippen LogP contribution is -2.42. The average Bonchev–Trinajstić information content (AvgIpc) is 3.11. The highest BCUT2D eigenvalue weighted by Crippen LogP contribution is 2.48. The standard InChI is InChI=1S/C21H22F3N3O/c22-16-8-18(26-12-16)20(28)27-19(13-4-2-1-3-5-13)17-7-6-14(11-25-17)15-9-21(23,24)10-15/h1-7,11,15-16,18-19,26H,8-10,12H2,(H,27,28)/t16-,18+,19+/m1/s1. The lowest BCUT2D eigenvalue weighted by molar-refractivity contribution is -0.123. The Morgan fingerprint density at radius 1 is 1.18 bits per heavy atom. The molecule has 1 amide bonds. The summed E-state index contributed by atoms with van der Waals surface area (Å²) in [5.41, 5.74) is 2.25. The summed E-state index contributed by atoms with van der Waals surface area (Å²) in [4.78, 5) is 17.0. The van der Waals surface area contributed by atoms with Crippen LogP contribution < -0.4 is 10.6 Å². The molecule has 2 aromatic rings. The number of amides is 1. The summed E-state index contributed by atoms with van der Waals surface area (Å²) in [7, 11) is 0. The van der Waals surface area contributed by atoms with E-state index in [9.17, 15) is 18.0 Å². The fourth-order valence-corrected chi connectivity index (χ4v) is 3.83. The third kappa shape index (κ3) is 4.04. The molecule has 0 radical (unpaired) electrons. The van der Waals surface area contributed by atoms with Crippen LogP contribution in [-0.4, -0.2) is 35.6 Å². The third-order valence-corrected chi connectivity index (χ3v) is 5.48. The monoisotopic (exact) mass is 389 g/mol. The molecule has 4 nitrogen and oxygen atoms in total. The molecule has 1 saturated heterocycles. The maximum Gasteiger partial charge on any atom is 0.249 e. The second-order valence-electron chi connectivity index (χ2n) is 7.62. The first-order chi connectivity index (χ1) is 13.4. The van der Waals surface area contributed by atoms with Gasteiger partial charge in [0.05, 0.1) is 17.8 Å². The largest absolute Gasteiger partial charge is 0.342 e. The van der Waals surface area contributed by atoms with E-state index in [2.05, 4.69) is 15.6 Å². The summed E-state index contributed by atoms with van der Waals surface area (Å²) in [6.45, 7) is 0.174. The number of benzene rings is 1. The van der Waals surface area contributed by atoms with E-state index >= 15 is 0 Å². The van der Waals surface area contributed by atoms with Gasteiger partial charge in [-0.25, -0.2) is 13.2 Å². The molecule has 4 rings (SSSR count). The van der Waals surface area contributed by atoms with Crippen molar-refractivity contribution in [1.29, 1.82) is 0 Å². The number of hydrogen-bond acceptors (Lipinski definition) is 3. The lowest BCUT2D eigenvalue weighted by atomic mass is 9.77. The summed E-state index contributed by atoms with van der Waals surface area (Å²) in [6.07, 6.45) is 0.442. The number of rotatable bonds is 5. The zero-order valence-corrected chi connectivity index (χ0v) is 15.2. The summed E-state index contributed by atoms with van der Waals surface area (Å²) < 4.78 is 39.7. The second-order valence-corrected chi connectivity index (χ2v) is 7.62. The highest BCUT2D eigenvalue weighted by Gasteiger charge is 2.45. The molecule has 2 N–H and O–H groups in total. The molecule has 1 aromatic heterocycles. The topological polar surface area (TPSA) is 54.0 Å². The van der Waals surface area contributed by atoms with Gasteiger partial charge in [0.2, 0.25) is 11.8 Å². The van der Waals surface area contributed by atoms with Crippen molar-refractivity contribution < 1.29 is 18.0 Å². The minimum atomic E-state index is -2.58. The van der Waals surface area contributed by atoms with Crippen LogP contribution in [0.4, 0.5) is 13.2 Å². The molecule has 0 spiro atoms. The molecular formula is C21H22F3N3O. The van der Waals surface area contributed by atoms with Gasteiger partial charge in [-0.05, 0) is 23.1 Å². The molecule has 2 heterocycles. The summed E-state index contributed by atoms with van der Waals surface area (Å²) in [5.74, 6) is -3.03. The first-order valence-electron chi connectivity index (χ1n) is 9.48. The number of pyridine rings is 1. The number of nitrogens with zero attached hydrogens (tertiary/aromatic N) is 1. The van der Waals surface area contributed by atoms with Crippen molar-refractivity contribution in [2.45, 2.75) is 49.4 Å². The number of halogens is 3. The van der Waals surface area contributed by atoms with Crippen LogP contribution in [0, 0.1) is 0 Å². The molecule has 1 aliphatic carbocycles. The van der Waals surface area contributed by atoms with E-state index in [1.54, 1.807) is 18.3 Å². The van der Waals surface area contributed by atoms with Crippen molar-refractivity contribution in [2.24, 2.45) is 0 Å². The molecular weight excluding hydrogens is 367 g/mol. The van der Waals surface area contributed by atoms with Crippen molar-refractivity contribution in [3.63, 3.8) is 0 Å². The van der Waals surface area contributed by atoms with Gasteiger partial charge < -0.3 is 10.6 Å². The Hall–Kier alpha value is -2.41. The number of aromatic nitrogens is 1. The van der Waals surface area contributed by atoms with Crippen LogP contribution in [0.3, 0.4) is 0 Å². The zero-order chi connectivity index (χ0) is 19.7. The molecule has 2 aliphatic rings. The number of carbonyl (C=O) groups is 1. The van der Waals surface area contributed by atoms with Gasteiger partial charge in [0.1, 0.15) is 6.17 Å². The lowest BCUT2D eigenvalue weighted by Gasteiger charge is -2.35. The fourth-order valence-electron chi connectivity index (χ4n) is 3.83. The molecule has 148 valence electrons. The van der Waals surface area contributed by atoms with Gasteiger partial charge in [-0.1, -0.05) is 36.4 Å². The Bertz CT molecular complexity index is 821. The minimum Gasteiger partial charge on any atom is -0.342 e. The summed E-state index contributed by atoms with van der Waals surface area (Å²) in [6, 6.07) is 11.9. The maximum atomic E-state index is 13.4. The van der Waals surface area contributed by atoms with Crippen LogP contribution in [0.15, 0.2) is 48.7 Å². The number of carbonyl (C=O) groups excluding carboxylic acids is 1. The highest BCUT2D eigenvalue weighted by molar-refractivity contribution is 5.83. The van der Waals surface area contributed by atoms with Crippen molar-refractivity contribution in [1.82, 2.24) is 15.6 Å². The van der Waals surface area contributed by atoms with E-state index in [-0.39, 0.29) is 37.6 Å². The second kappa shape index (κ2) is 7.54. The summed E-state index contributed by atoms with van der Waals surface area (Å²) >= 11 is 0. The minimum absolute atomic E-state index is 0.148. The van der Waals surface area contributed by atoms with E-state index in [1.165, 1.54) is 0 Å². The summed E-state index contributed by atoms with van der Waals surface area (Å²) in [5, 5.41) is 5.83. The van der Waals surface area contributed by atoms with E-state index in [0.29, 0.717) is 5.69 Å². The predicted molar refractivity (Wildman–Crippen MR) is 98.9 cm³/mol. The predicted octanol–water partition coefficient (Wildman–Crippen LogP) is 3.50. The van der Waals surface area contributed by atoms with Crippen LogP contribution in [0.25, 0.3) is 0 Å². The Morgan fingerprint density at radius 2 is 1.93 bits per heavy atom. The Balaban J connectivity index is 1.53. The first kappa shape index (κ1) is 18.9. The van der Waals surface area contributed by atoms with Crippen LogP contribution in [0.5, 0.6) is 0 Å². The van der Waals surface area contributed by atoms with Gasteiger partial charge in [0.25, 0.3) is 0 Å². The van der Waals surface area contributed by atoms with E-state index in [1.807, 2.05) is 30.3 Å². The third-order valence-electron chi connectivity index (χ3n) is 5.48. The smallest absolute Gasteiger partial charge is 0.249 e. The van der Waals surface area contributed by atoms with Crippen LogP contribution in [0.2, 0.25) is 0 Å². The van der Waals surface area contributed by atoms with Gasteiger partial charge in [-0.15, -0.1) is 0 Å². The molecule has 3 atom stereocenters. The molecule has 7 heteroatoms. The average molecular weight is 389 g/mol. The Morgan fingerprint density at radius 3 is 2.50 bits per heavy atom. The van der Waals surface area contributed by atoms with Crippen LogP contribution in [0.1, 0.15) is 48.0 Å². The van der Waals surface area contributed by atoms with E-state index in [0.717, 1.165) is 11.1 Å². The molecule has 28 heavy (non-hydrogen) atoms. The quantitative estimate of drug-likeness (QED) is 0.823. The van der Waals surface area contributed by atoms with Crippen LogP contribution >= 0.6 is 0 Å². The van der Waals surface area contributed by atoms with Crippen molar-refractivity contribution >= 4 is 5.91 Å². The Kier molecular flexibility index (Phi) is 5.10. The molecule has 0 unspecified atom stereocenters. The van der Waals surface area contributed by atoms with Gasteiger partial charge in [0.15, 0.2) is 0 Å². The first-order valence-corrected chi connectivity index (χ1v) is 9.48. The number of alkyl halides is 3. The molecule has 1 aromatic carbocycles. The van der Waals surface area contributed by atoms with E-state index < -0.39 is 24.2 Å². The zero-order valence-electron chi connectivity index (χ0n) is 15.2. The fraction of sp³-hybridized carbons (Fsp3) is 0.429. The molecule has 1 saturated carbocycles. The van der Waals surface area contributed by atoms with Gasteiger partial charge in [-0.3, -0.25) is 9.78 Å². The Labute approximate surface area is 161 Å². The highest BCUT2D eigenvalue weighted by atomic mass is 19.3. The SMILES string of the molecule is O=C(N[C@@H](c1ccccc1)c1ccc(C2CC(F)(F)C2)cn1)[C@@H]1C[C@@H](F)CN1. The van der Waals surface area contributed by atoms with Crippen molar-refractivity contribution in [3.8, 4) is 0 Å². The maximum absolute atomic E-state index is 13.4. The molecule has 2 fully saturated rings. The van der Waals surface area contributed by atoms with Crippen molar-refractivity contribution in [3.05, 3.63) is 65.5 Å². The van der Waals surface area contributed by atoms with Gasteiger partial charge in [0, 0.05) is 32.0 Å². The molecule has 1 aliphatic heterocycles.